The lowest BCUT2D eigenvalue weighted by Crippen LogP contribution is -1.83. The summed E-state index contributed by atoms with van der Waals surface area (Å²) < 4.78 is 9.50. The van der Waals surface area contributed by atoms with Gasteiger partial charge < -0.3 is 0 Å². The average molecular weight is 230 g/mol. The molecule has 0 N–H and O–H groups in total. The van der Waals surface area contributed by atoms with E-state index in [9.17, 15) is 4.39 Å². The van der Waals surface area contributed by atoms with Crippen molar-refractivity contribution in [1.29, 1.82) is 0 Å². The minimum Gasteiger partial charge on any atom is -0.255 e. The molecule has 0 heterocycles. The fraction of sp³-hybridized carbons (Fsp3) is 0.250. The zero-order valence-corrected chi connectivity index (χ0v) is 10.9. The number of halogens is 1. The third-order valence-electron chi connectivity index (χ3n) is 2.89. The number of rotatable bonds is 1. The molecule has 0 saturated heterocycles. The summed E-state index contributed by atoms with van der Waals surface area (Å²) in [5.41, 5.74) is 6.61. The van der Waals surface area contributed by atoms with Crippen LogP contribution in [0.3, 0.4) is 0 Å². The van der Waals surface area contributed by atoms with Gasteiger partial charge >= 0.3 is 0 Å². The molecule has 0 amide bonds. The molecule has 2 aromatic carbocycles. The Morgan fingerprint density at radius 3 is 1.71 bits per heavy atom. The van der Waals surface area contributed by atoms with Crippen LogP contribution in [0.5, 0.6) is 0 Å². The van der Waals surface area contributed by atoms with E-state index in [1.54, 1.807) is 0 Å². The second kappa shape index (κ2) is 6.19. The molecule has 0 bridgehead atoms. The van der Waals surface area contributed by atoms with Gasteiger partial charge in [-0.2, -0.15) is 0 Å². The van der Waals surface area contributed by atoms with Crippen molar-refractivity contribution in [2.24, 2.45) is 0 Å². The molecule has 17 heavy (non-hydrogen) atoms. The van der Waals surface area contributed by atoms with Crippen LogP contribution >= 0.6 is 0 Å². The Bertz CT molecular complexity index is 469. The molecule has 0 radical (unpaired) electrons. The Labute approximate surface area is 103 Å². The minimum atomic E-state index is 0.500. The maximum Gasteiger partial charge on any atom is 0.0785 e. The molecule has 0 nitrogen and oxygen atoms in total. The van der Waals surface area contributed by atoms with Gasteiger partial charge in [0.05, 0.1) is 7.18 Å². The topological polar surface area (TPSA) is 0 Å². The van der Waals surface area contributed by atoms with E-state index >= 15 is 0 Å². The van der Waals surface area contributed by atoms with Crippen LogP contribution in [-0.4, -0.2) is 7.18 Å². The second-order valence-corrected chi connectivity index (χ2v) is 4.17. The standard InChI is InChI=1S/C15H16.CH3F/c1-11-4-7-14(8-5-11)15-9-6-12(2)13(3)10-15;1-2/h4-10H,1-3H3;1H3. The summed E-state index contributed by atoms with van der Waals surface area (Å²) in [5, 5.41) is 0. The van der Waals surface area contributed by atoms with Crippen molar-refractivity contribution >= 4 is 0 Å². The molecular weight excluding hydrogens is 211 g/mol. The lowest BCUT2D eigenvalue weighted by Gasteiger charge is -2.05. The monoisotopic (exact) mass is 230 g/mol. The molecule has 0 unspecified atom stereocenters. The van der Waals surface area contributed by atoms with Crippen LogP contribution in [0.15, 0.2) is 42.5 Å². The van der Waals surface area contributed by atoms with Crippen molar-refractivity contribution in [3.05, 3.63) is 59.2 Å². The van der Waals surface area contributed by atoms with Crippen molar-refractivity contribution in [2.45, 2.75) is 20.8 Å². The quantitative estimate of drug-likeness (QED) is 0.656. The van der Waals surface area contributed by atoms with Crippen LogP contribution in [0.4, 0.5) is 4.39 Å². The maximum absolute atomic E-state index is 9.50. The van der Waals surface area contributed by atoms with Crippen LogP contribution in [0, 0.1) is 20.8 Å². The van der Waals surface area contributed by atoms with Crippen molar-refractivity contribution in [2.75, 3.05) is 7.18 Å². The molecule has 0 spiro atoms. The Kier molecular flexibility index (Phi) is 4.89. The van der Waals surface area contributed by atoms with Gasteiger partial charge in [0, 0.05) is 0 Å². The molecule has 0 fully saturated rings. The lowest BCUT2D eigenvalue weighted by atomic mass is 10.00. The van der Waals surface area contributed by atoms with Crippen LogP contribution in [0.2, 0.25) is 0 Å². The molecule has 0 aliphatic rings. The first kappa shape index (κ1) is 13.4. The van der Waals surface area contributed by atoms with Crippen molar-refractivity contribution < 1.29 is 4.39 Å². The molecule has 1 heteroatoms. The van der Waals surface area contributed by atoms with Crippen LogP contribution < -0.4 is 0 Å². The molecule has 0 saturated carbocycles. The van der Waals surface area contributed by atoms with Gasteiger partial charge in [0.15, 0.2) is 0 Å². The van der Waals surface area contributed by atoms with Gasteiger partial charge in [-0.05, 0) is 43.0 Å². The van der Waals surface area contributed by atoms with Gasteiger partial charge in [-0.25, -0.2) is 0 Å². The van der Waals surface area contributed by atoms with E-state index in [1.165, 1.54) is 27.8 Å². The first-order valence-electron chi connectivity index (χ1n) is 5.69. The first-order chi connectivity index (χ1) is 8.16. The fourth-order valence-electron chi connectivity index (χ4n) is 1.67. The van der Waals surface area contributed by atoms with Gasteiger partial charge in [0.2, 0.25) is 0 Å². The largest absolute Gasteiger partial charge is 0.255 e. The third-order valence-corrected chi connectivity index (χ3v) is 2.89. The van der Waals surface area contributed by atoms with E-state index in [2.05, 4.69) is 63.2 Å². The highest BCUT2D eigenvalue weighted by molar-refractivity contribution is 5.65. The Balaban J connectivity index is 0.000000686. The van der Waals surface area contributed by atoms with E-state index in [0.717, 1.165) is 0 Å². The Morgan fingerprint density at radius 2 is 1.18 bits per heavy atom. The Morgan fingerprint density at radius 1 is 0.647 bits per heavy atom. The molecule has 0 aliphatic heterocycles. The highest BCUT2D eigenvalue weighted by Gasteiger charge is 1.98. The zero-order chi connectivity index (χ0) is 12.8. The van der Waals surface area contributed by atoms with Crippen LogP contribution in [0.1, 0.15) is 16.7 Å². The third kappa shape index (κ3) is 3.42. The van der Waals surface area contributed by atoms with E-state index in [0.29, 0.717) is 7.18 Å². The minimum absolute atomic E-state index is 0.500. The number of alkyl halides is 1. The molecule has 90 valence electrons. The summed E-state index contributed by atoms with van der Waals surface area (Å²) >= 11 is 0. The van der Waals surface area contributed by atoms with Crippen molar-refractivity contribution in [1.82, 2.24) is 0 Å². The smallest absolute Gasteiger partial charge is 0.0785 e. The van der Waals surface area contributed by atoms with Gasteiger partial charge in [0.1, 0.15) is 0 Å². The summed E-state index contributed by atoms with van der Waals surface area (Å²) in [4.78, 5) is 0. The molecule has 0 atom stereocenters. The average Bonchev–Trinajstić information content (AvgIpc) is 2.36. The van der Waals surface area contributed by atoms with E-state index in [4.69, 9.17) is 0 Å². The molecular formula is C16H19F. The van der Waals surface area contributed by atoms with Gasteiger partial charge in [0.25, 0.3) is 0 Å². The van der Waals surface area contributed by atoms with Crippen molar-refractivity contribution in [3.63, 3.8) is 0 Å². The highest BCUT2D eigenvalue weighted by Crippen LogP contribution is 2.22. The van der Waals surface area contributed by atoms with Gasteiger partial charge in [-0.15, -0.1) is 0 Å². The van der Waals surface area contributed by atoms with E-state index in [-0.39, 0.29) is 0 Å². The maximum atomic E-state index is 9.50. The normalized spacial score (nSPS) is 9.47. The number of aryl methyl sites for hydroxylation is 3. The van der Waals surface area contributed by atoms with Crippen LogP contribution in [0.25, 0.3) is 11.1 Å². The predicted octanol–water partition coefficient (Wildman–Crippen LogP) is 4.86. The number of benzene rings is 2. The SMILES string of the molecule is CF.Cc1ccc(-c2ccc(C)c(C)c2)cc1. The zero-order valence-electron chi connectivity index (χ0n) is 10.9. The molecule has 2 aromatic rings. The van der Waals surface area contributed by atoms with Gasteiger partial charge in [-0.1, -0.05) is 48.0 Å². The molecule has 0 aliphatic carbocycles. The summed E-state index contributed by atoms with van der Waals surface area (Å²) in [6.07, 6.45) is 0. The number of hydrogen-bond acceptors (Lipinski definition) is 0. The second-order valence-electron chi connectivity index (χ2n) is 4.17. The van der Waals surface area contributed by atoms with E-state index in [1.807, 2.05) is 0 Å². The fourth-order valence-corrected chi connectivity index (χ4v) is 1.67. The molecule has 0 aromatic heterocycles. The summed E-state index contributed by atoms with van der Waals surface area (Å²) in [7, 11) is 0.500. The van der Waals surface area contributed by atoms with Gasteiger partial charge in [-0.3, -0.25) is 4.39 Å². The highest BCUT2D eigenvalue weighted by atomic mass is 19.1. The van der Waals surface area contributed by atoms with E-state index < -0.39 is 0 Å². The molecule has 2 rings (SSSR count). The lowest BCUT2D eigenvalue weighted by molar-refractivity contribution is 0.636. The predicted molar refractivity (Wildman–Crippen MR) is 73.1 cm³/mol. The number of hydrogen-bond donors (Lipinski definition) is 0. The first-order valence-corrected chi connectivity index (χ1v) is 5.69. The Hall–Kier alpha value is -1.63. The summed E-state index contributed by atoms with van der Waals surface area (Å²) in [6, 6.07) is 15.3. The summed E-state index contributed by atoms with van der Waals surface area (Å²) in [5.74, 6) is 0. The van der Waals surface area contributed by atoms with Crippen LogP contribution in [-0.2, 0) is 0 Å². The van der Waals surface area contributed by atoms with Crippen molar-refractivity contribution in [3.8, 4) is 11.1 Å². The summed E-state index contributed by atoms with van der Waals surface area (Å²) in [6.45, 7) is 6.42.